The SMILES string of the molecule is COc1ccc(C(=O)COC(=O)C2CCCN(c3ncccc3C(F)(F)F)C2)cc1Cl. The Morgan fingerprint density at radius 1 is 1.29 bits per heavy atom. The molecule has 0 saturated carbocycles. The maximum Gasteiger partial charge on any atom is 0.419 e. The minimum Gasteiger partial charge on any atom is -0.495 e. The number of hydrogen-bond donors (Lipinski definition) is 0. The molecule has 166 valence electrons. The van der Waals surface area contributed by atoms with Gasteiger partial charge in [0.25, 0.3) is 0 Å². The van der Waals surface area contributed by atoms with E-state index in [2.05, 4.69) is 4.98 Å². The molecule has 1 aliphatic heterocycles. The van der Waals surface area contributed by atoms with Crippen LogP contribution in [0, 0.1) is 5.92 Å². The number of aromatic nitrogens is 1. The zero-order valence-electron chi connectivity index (χ0n) is 16.6. The van der Waals surface area contributed by atoms with Crippen LogP contribution in [0.15, 0.2) is 36.5 Å². The van der Waals surface area contributed by atoms with Gasteiger partial charge in [0.2, 0.25) is 0 Å². The van der Waals surface area contributed by atoms with Gasteiger partial charge >= 0.3 is 12.1 Å². The van der Waals surface area contributed by atoms with E-state index in [9.17, 15) is 22.8 Å². The first-order valence-electron chi connectivity index (χ1n) is 9.51. The Morgan fingerprint density at radius 3 is 2.74 bits per heavy atom. The van der Waals surface area contributed by atoms with Crippen LogP contribution in [-0.2, 0) is 15.7 Å². The number of esters is 1. The summed E-state index contributed by atoms with van der Waals surface area (Å²) < 4.78 is 50.0. The number of Topliss-reactive ketones (excluding diaryl/α,β-unsaturated/α-hetero) is 1. The van der Waals surface area contributed by atoms with Gasteiger partial charge in [-0.25, -0.2) is 4.98 Å². The molecule has 0 N–H and O–H groups in total. The molecule has 1 unspecified atom stereocenters. The van der Waals surface area contributed by atoms with Gasteiger partial charge in [0.05, 0.1) is 23.6 Å². The van der Waals surface area contributed by atoms with Gasteiger partial charge in [0, 0.05) is 24.8 Å². The first-order chi connectivity index (χ1) is 14.7. The van der Waals surface area contributed by atoms with Crippen LogP contribution in [0.1, 0.15) is 28.8 Å². The lowest BCUT2D eigenvalue weighted by Gasteiger charge is -2.33. The minimum absolute atomic E-state index is 0.0292. The molecule has 0 aliphatic carbocycles. The van der Waals surface area contributed by atoms with E-state index in [-0.39, 0.29) is 22.9 Å². The smallest absolute Gasteiger partial charge is 0.419 e. The van der Waals surface area contributed by atoms with Gasteiger partial charge in [-0.2, -0.15) is 13.2 Å². The molecule has 0 radical (unpaired) electrons. The van der Waals surface area contributed by atoms with E-state index in [1.165, 1.54) is 42.5 Å². The van der Waals surface area contributed by atoms with Crippen LogP contribution in [0.3, 0.4) is 0 Å². The summed E-state index contributed by atoms with van der Waals surface area (Å²) in [7, 11) is 1.45. The number of carbonyl (C=O) groups excluding carboxylic acids is 2. The number of nitrogens with zero attached hydrogens (tertiary/aromatic N) is 2. The maximum atomic E-state index is 13.3. The predicted octanol–water partition coefficient (Wildman–Crippen LogP) is 4.40. The van der Waals surface area contributed by atoms with Crippen LogP contribution >= 0.6 is 11.6 Å². The van der Waals surface area contributed by atoms with Crippen LogP contribution in [-0.4, -0.2) is 43.5 Å². The van der Waals surface area contributed by atoms with Crippen LogP contribution in [0.5, 0.6) is 5.75 Å². The standard InChI is InChI=1S/C21H20ClF3N2O4/c1-30-18-7-6-13(10-16(18)22)17(28)12-31-20(29)14-4-3-9-27(11-14)19-15(21(23,24)25)5-2-8-26-19/h2,5-8,10,14H,3-4,9,11-12H2,1H3. The number of hydrogen-bond acceptors (Lipinski definition) is 6. The molecule has 31 heavy (non-hydrogen) atoms. The quantitative estimate of drug-likeness (QED) is 0.474. The number of ketones is 1. The molecule has 1 aromatic carbocycles. The lowest BCUT2D eigenvalue weighted by molar-refractivity contribution is -0.147. The monoisotopic (exact) mass is 456 g/mol. The van der Waals surface area contributed by atoms with E-state index in [1.807, 2.05) is 0 Å². The third kappa shape index (κ3) is 5.46. The van der Waals surface area contributed by atoms with Gasteiger partial charge in [-0.1, -0.05) is 11.6 Å². The Morgan fingerprint density at radius 2 is 2.06 bits per heavy atom. The van der Waals surface area contributed by atoms with Gasteiger partial charge in [0.15, 0.2) is 12.4 Å². The van der Waals surface area contributed by atoms with Crippen molar-refractivity contribution in [3.8, 4) is 5.75 Å². The zero-order valence-corrected chi connectivity index (χ0v) is 17.4. The second-order valence-corrected chi connectivity index (χ2v) is 7.44. The molecule has 6 nitrogen and oxygen atoms in total. The molecule has 0 spiro atoms. The lowest BCUT2D eigenvalue weighted by Crippen LogP contribution is -2.41. The first-order valence-corrected chi connectivity index (χ1v) is 9.89. The van der Waals surface area contributed by atoms with Crippen molar-refractivity contribution in [3.63, 3.8) is 0 Å². The number of rotatable bonds is 6. The Labute approximate surface area is 181 Å². The van der Waals surface area contributed by atoms with E-state index in [0.29, 0.717) is 25.1 Å². The summed E-state index contributed by atoms with van der Waals surface area (Å²) in [6.07, 6.45) is -2.32. The molecule has 0 bridgehead atoms. The number of piperidine rings is 1. The summed E-state index contributed by atoms with van der Waals surface area (Å²) in [4.78, 5) is 30.1. The Balaban J connectivity index is 1.63. The summed E-state index contributed by atoms with van der Waals surface area (Å²) in [5.41, 5.74) is -0.595. The Kier molecular flexibility index (Phi) is 7.04. The van der Waals surface area contributed by atoms with Crippen molar-refractivity contribution in [2.45, 2.75) is 19.0 Å². The molecule has 10 heteroatoms. The van der Waals surface area contributed by atoms with E-state index < -0.39 is 36.0 Å². The molecule has 1 aliphatic rings. The number of alkyl halides is 3. The van der Waals surface area contributed by atoms with E-state index >= 15 is 0 Å². The minimum atomic E-state index is -4.55. The highest BCUT2D eigenvalue weighted by atomic mass is 35.5. The molecular formula is C21H20ClF3N2O4. The average molecular weight is 457 g/mol. The normalized spacial score (nSPS) is 16.7. The van der Waals surface area contributed by atoms with E-state index in [4.69, 9.17) is 21.1 Å². The molecular weight excluding hydrogens is 437 g/mol. The van der Waals surface area contributed by atoms with E-state index in [0.717, 1.165) is 6.07 Å². The summed E-state index contributed by atoms with van der Waals surface area (Å²) in [5.74, 6) is -1.55. The molecule has 1 atom stereocenters. The molecule has 1 saturated heterocycles. The summed E-state index contributed by atoms with van der Waals surface area (Å²) in [6.45, 7) is -0.121. The highest BCUT2D eigenvalue weighted by molar-refractivity contribution is 6.32. The van der Waals surface area contributed by atoms with Crippen molar-refractivity contribution in [1.82, 2.24) is 4.98 Å². The number of halogens is 4. The van der Waals surface area contributed by atoms with Crippen molar-refractivity contribution in [3.05, 3.63) is 52.7 Å². The summed E-state index contributed by atoms with van der Waals surface area (Å²) in [6, 6.07) is 6.63. The van der Waals surface area contributed by atoms with Gasteiger partial charge < -0.3 is 14.4 Å². The van der Waals surface area contributed by atoms with Crippen molar-refractivity contribution >= 4 is 29.2 Å². The third-order valence-corrected chi connectivity index (χ3v) is 5.26. The second-order valence-electron chi connectivity index (χ2n) is 7.04. The van der Waals surface area contributed by atoms with Gasteiger partial charge in [-0.05, 0) is 43.2 Å². The van der Waals surface area contributed by atoms with Crippen LogP contribution in [0.25, 0.3) is 0 Å². The van der Waals surface area contributed by atoms with Crippen molar-refractivity contribution in [2.75, 3.05) is 31.7 Å². The van der Waals surface area contributed by atoms with Gasteiger partial charge in [0.1, 0.15) is 11.6 Å². The number of methoxy groups -OCH3 is 1. The molecule has 1 fully saturated rings. The third-order valence-electron chi connectivity index (χ3n) is 4.97. The number of pyridine rings is 1. The van der Waals surface area contributed by atoms with Crippen molar-refractivity contribution in [1.29, 1.82) is 0 Å². The van der Waals surface area contributed by atoms with Crippen LogP contribution in [0.4, 0.5) is 19.0 Å². The Bertz CT molecular complexity index is 968. The fraction of sp³-hybridized carbons (Fsp3) is 0.381. The number of ether oxygens (including phenoxy) is 2. The highest BCUT2D eigenvalue weighted by Gasteiger charge is 2.37. The maximum absolute atomic E-state index is 13.3. The van der Waals surface area contributed by atoms with Gasteiger partial charge in [-0.3, -0.25) is 9.59 Å². The lowest BCUT2D eigenvalue weighted by atomic mass is 9.97. The fourth-order valence-corrected chi connectivity index (χ4v) is 3.67. The molecule has 2 heterocycles. The summed E-state index contributed by atoms with van der Waals surface area (Å²) in [5, 5.41) is 0.249. The van der Waals surface area contributed by atoms with Crippen molar-refractivity contribution < 1.29 is 32.2 Å². The van der Waals surface area contributed by atoms with Gasteiger partial charge in [-0.15, -0.1) is 0 Å². The zero-order chi connectivity index (χ0) is 22.6. The topological polar surface area (TPSA) is 68.7 Å². The molecule has 0 amide bonds. The van der Waals surface area contributed by atoms with Crippen LogP contribution in [0.2, 0.25) is 5.02 Å². The molecule has 3 rings (SSSR count). The number of anilines is 1. The fourth-order valence-electron chi connectivity index (χ4n) is 3.41. The van der Waals surface area contributed by atoms with Crippen molar-refractivity contribution in [2.24, 2.45) is 5.92 Å². The Hall–Kier alpha value is -2.81. The van der Waals surface area contributed by atoms with Crippen LogP contribution < -0.4 is 9.64 Å². The number of carbonyl (C=O) groups is 2. The largest absolute Gasteiger partial charge is 0.495 e. The second kappa shape index (κ2) is 9.55. The van der Waals surface area contributed by atoms with E-state index in [1.54, 1.807) is 0 Å². The first kappa shape index (κ1) is 22.9. The predicted molar refractivity (Wildman–Crippen MR) is 107 cm³/mol. The highest BCUT2D eigenvalue weighted by Crippen LogP contribution is 2.36. The summed E-state index contributed by atoms with van der Waals surface area (Å²) >= 11 is 6.00. The average Bonchev–Trinajstić information content (AvgIpc) is 2.76. The molecule has 1 aromatic heterocycles. The molecule has 2 aromatic rings. The number of benzene rings is 1.